The van der Waals surface area contributed by atoms with Gasteiger partial charge in [0.2, 0.25) is 11.8 Å². The molecule has 1 aliphatic rings. The molecule has 1 saturated carbocycles. The van der Waals surface area contributed by atoms with Crippen LogP contribution in [0, 0.1) is 13.8 Å². The molecule has 5 rings (SSSR count). The quantitative estimate of drug-likeness (QED) is 0.181. The Morgan fingerprint density at radius 1 is 0.848 bits per heavy atom. The monoisotopic (exact) mass is 657 g/mol. The summed E-state index contributed by atoms with van der Waals surface area (Å²) in [7, 11) is -4.20. The van der Waals surface area contributed by atoms with Crippen molar-refractivity contribution in [2.45, 2.75) is 69.5 Å². The second-order valence-corrected chi connectivity index (χ2v) is 14.3. The highest BCUT2D eigenvalue weighted by molar-refractivity contribution is 7.92. The zero-order valence-electron chi connectivity index (χ0n) is 26.2. The van der Waals surface area contributed by atoms with Crippen molar-refractivity contribution in [2.24, 2.45) is 0 Å². The molecule has 0 spiro atoms. The molecule has 0 radical (unpaired) electrons. The molecule has 1 N–H and O–H groups in total. The van der Waals surface area contributed by atoms with Crippen LogP contribution in [-0.4, -0.2) is 43.8 Å². The fraction of sp³-hybridized carbons (Fsp3) is 0.297. The number of amides is 2. The molecule has 0 aromatic heterocycles. The van der Waals surface area contributed by atoms with Crippen LogP contribution in [-0.2, 0) is 32.6 Å². The molecule has 1 fully saturated rings. The van der Waals surface area contributed by atoms with Crippen LogP contribution in [0.3, 0.4) is 0 Å². The predicted octanol–water partition coefficient (Wildman–Crippen LogP) is 6.85. The fourth-order valence-corrected chi connectivity index (χ4v) is 7.55. The molecule has 9 heteroatoms. The number of hydrogen-bond donors (Lipinski definition) is 1. The molecule has 0 aliphatic heterocycles. The Labute approximate surface area is 277 Å². The Balaban J connectivity index is 1.58. The van der Waals surface area contributed by atoms with Gasteiger partial charge < -0.3 is 10.2 Å². The molecule has 0 unspecified atom stereocenters. The highest BCUT2D eigenvalue weighted by atomic mass is 35.5. The van der Waals surface area contributed by atoms with Crippen molar-refractivity contribution in [3.8, 4) is 0 Å². The lowest BCUT2D eigenvalue weighted by Gasteiger charge is -2.34. The van der Waals surface area contributed by atoms with Gasteiger partial charge in [-0.3, -0.25) is 13.9 Å². The molecule has 4 aromatic rings. The largest absolute Gasteiger partial charge is 0.352 e. The lowest BCUT2D eigenvalue weighted by atomic mass is 10.0. The minimum Gasteiger partial charge on any atom is -0.352 e. The average molecular weight is 658 g/mol. The first-order valence-electron chi connectivity index (χ1n) is 15.6. The highest BCUT2D eigenvalue weighted by Gasteiger charge is 2.36. The van der Waals surface area contributed by atoms with Crippen molar-refractivity contribution in [3.05, 3.63) is 130 Å². The number of aryl methyl sites for hydroxylation is 2. The Morgan fingerprint density at radius 3 is 2.13 bits per heavy atom. The van der Waals surface area contributed by atoms with Gasteiger partial charge in [0, 0.05) is 24.0 Å². The van der Waals surface area contributed by atoms with Crippen molar-refractivity contribution in [1.29, 1.82) is 0 Å². The number of nitrogens with one attached hydrogen (secondary N) is 1. The number of rotatable bonds is 12. The van der Waals surface area contributed by atoms with Crippen LogP contribution in [0.15, 0.2) is 108 Å². The molecule has 0 saturated heterocycles. The maximum atomic E-state index is 14.7. The summed E-state index contributed by atoms with van der Waals surface area (Å²) in [5.41, 5.74) is 3.74. The van der Waals surface area contributed by atoms with Crippen LogP contribution in [0.5, 0.6) is 0 Å². The van der Waals surface area contributed by atoms with Gasteiger partial charge in [-0.05, 0) is 67.6 Å². The van der Waals surface area contributed by atoms with E-state index in [0.717, 1.165) is 46.7 Å². The summed E-state index contributed by atoms with van der Waals surface area (Å²) in [4.78, 5) is 30.4. The summed E-state index contributed by atoms with van der Waals surface area (Å²) in [5.74, 6) is -0.741. The third-order valence-corrected chi connectivity index (χ3v) is 10.5. The lowest BCUT2D eigenvalue weighted by Crippen LogP contribution is -2.54. The van der Waals surface area contributed by atoms with Crippen LogP contribution < -0.4 is 9.62 Å². The molecule has 4 aromatic carbocycles. The van der Waals surface area contributed by atoms with Gasteiger partial charge in [-0.2, -0.15) is 0 Å². The van der Waals surface area contributed by atoms with Crippen LogP contribution in [0.1, 0.15) is 47.9 Å². The Kier molecular flexibility index (Phi) is 10.8. The van der Waals surface area contributed by atoms with Gasteiger partial charge in [0.15, 0.2) is 0 Å². The summed E-state index contributed by atoms with van der Waals surface area (Å²) >= 11 is 6.37. The first-order valence-corrected chi connectivity index (χ1v) is 17.5. The van der Waals surface area contributed by atoms with Gasteiger partial charge in [-0.15, -0.1) is 0 Å². The fourth-order valence-electron chi connectivity index (χ4n) is 5.90. The molecular formula is C37H40ClN3O4S. The van der Waals surface area contributed by atoms with Crippen LogP contribution in [0.2, 0.25) is 5.02 Å². The van der Waals surface area contributed by atoms with Gasteiger partial charge >= 0.3 is 0 Å². The van der Waals surface area contributed by atoms with E-state index >= 15 is 0 Å². The molecule has 2 amide bonds. The standard InChI is InChI=1S/C37H40ClN3O4S/c1-27-17-20-30(21-18-27)25-40(35(23-29-11-5-3-6-12-29)37(43)39-32-13-9-10-14-32)36(42)26-41(34-24-31(38)22-19-28(34)2)46(44,45)33-15-7-4-8-16-33/h3-8,11-12,15-22,24,32,35H,9-10,13-14,23,25-26H2,1-2H3,(H,39,43)/t35-/m0/s1. The van der Waals surface area contributed by atoms with Gasteiger partial charge in [-0.1, -0.05) is 109 Å². The maximum absolute atomic E-state index is 14.7. The normalized spacial score (nSPS) is 14.1. The molecule has 46 heavy (non-hydrogen) atoms. The van der Waals surface area contributed by atoms with E-state index in [1.165, 1.54) is 17.0 Å². The van der Waals surface area contributed by atoms with Gasteiger partial charge in [0.05, 0.1) is 10.6 Å². The zero-order chi connectivity index (χ0) is 32.7. The van der Waals surface area contributed by atoms with E-state index in [4.69, 9.17) is 11.6 Å². The minimum absolute atomic E-state index is 0.0474. The van der Waals surface area contributed by atoms with E-state index in [1.807, 2.05) is 61.5 Å². The number of halogens is 1. The van der Waals surface area contributed by atoms with E-state index in [9.17, 15) is 18.0 Å². The lowest BCUT2D eigenvalue weighted by molar-refractivity contribution is -0.140. The highest BCUT2D eigenvalue weighted by Crippen LogP contribution is 2.30. The minimum atomic E-state index is -4.20. The average Bonchev–Trinajstić information content (AvgIpc) is 3.57. The second kappa shape index (κ2) is 15.0. The molecule has 1 aliphatic carbocycles. The van der Waals surface area contributed by atoms with E-state index in [-0.39, 0.29) is 29.8 Å². The maximum Gasteiger partial charge on any atom is 0.264 e. The van der Waals surface area contributed by atoms with Crippen molar-refractivity contribution in [1.82, 2.24) is 10.2 Å². The molecule has 0 bridgehead atoms. The van der Waals surface area contributed by atoms with E-state index in [0.29, 0.717) is 16.3 Å². The molecule has 7 nitrogen and oxygen atoms in total. The molecule has 1 atom stereocenters. The van der Waals surface area contributed by atoms with Crippen molar-refractivity contribution < 1.29 is 18.0 Å². The Hall–Kier alpha value is -4.14. The van der Waals surface area contributed by atoms with E-state index in [1.54, 1.807) is 43.3 Å². The first kappa shape index (κ1) is 33.2. The Morgan fingerprint density at radius 2 is 1.48 bits per heavy atom. The molecule has 240 valence electrons. The van der Waals surface area contributed by atoms with Crippen molar-refractivity contribution in [2.75, 3.05) is 10.8 Å². The smallest absolute Gasteiger partial charge is 0.264 e. The summed E-state index contributed by atoms with van der Waals surface area (Å²) in [6.07, 6.45) is 4.16. The number of carbonyl (C=O) groups excluding carboxylic acids is 2. The van der Waals surface area contributed by atoms with Gasteiger partial charge in [0.1, 0.15) is 12.6 Å². The van der Waals surface area contributed by atoms with Crippen LogP contribution in [0.4, 0.5) is 5.69 Å². The van der Waals surface area contributed by atoms with E-state index < -0.39 is 28.5 Å². The predicted molar refractivity (Wildman–Crippen MR) is 183 cm³/mol. The number of anilines is 1. The van der Waals surface area contributed by atoms with Crippen LogP contribution >= 0.6 is 11.6 Å². The van der Waals surface area contributed by atoms with Gasteiger partial charge in [-0.25, -0.2) is 8.42 Å². The second-order valence-electron chi connectivity index (χ2n) is 12.0. The number of nitrogens with zero attached hydrogens (tertiary/aromatic N) is 2. The van der Waals surface area contributed by atoms with Crippen molar-refractivity contribution in [3.63, 3.8) is 0 Å². The summed E-state index contributed by atoms with van der Waals surface area (Å²) in [5, 5.41) is 3.55. The third kappa shape index (κ3) is 8.17. The number of benzene rings is 4. The Bertz CT molecular complexity index is 1740. The third-order valence-electron chi connectivity index (χ3n) is 8.50. The zero-order valence-corrected chi connectivity index (χ0v) is 27.8. The number of hydrogen-bond acceptors (Lipinski definition) is 4. The number of sulfonamides is 1. The molecule has 0 heterocycles. The summed E-state index contributed by atoms with van der Waals surface area (Å²) in [6, 6.07) is 29.6. The first-order chi connectivity index (χ1) is 22.1. The van der Waals surface area contributed by atoms with E-state index in [2.05, 4.69) is 5.32 Å². The van der Waals surface area contributed by atoms with Gasteiger partial charge in [0.25, 0.3) is 10.0 Å². The number of carbonyl (C=O) groups is 2. The summed E-state index contributed by atoms with van der Waals surface area (Å²) in [6.45, 7) is 3.37. The SMILES string of the molecule is Cc1ccc(CN(C(=O)CN(c2cc(Cl)ccc2C)S(=O)(=O)c2ccccc2)[C@@H](Cc2ccccc2)C(=O)NC2CCCC2)cc1. The summed E-state index contributed by atoms with van der Waals surface area (Å²) < 4.78 is 29.5. The topological polar surface area (TPSA) is 86.8 Å². The van der Waals surface area contributed by atoms with Crippen molar-refractivity contribution >= 4 is 39.1 Å². The molecular weight excluding hydrogens is 618 g/mol. The van der Waals surface area contributed by atoms with Crippen LogP contribution in [0.25, 0.3) is 0 Å².